The average molecular weight is 340 g/mol. The van der Waals surface area contributed by atoms with Crippen LogP contribution in [-0.4, -0.2) is 33.2 Å². The molecule has 3 N–H and O–H groups in total. The Kier molecular flexibility index (Phi) is 5.34. The van der Waals surface area contributed by atoms with Crippen molar-refractivity contribution in [2.24, 2.45) is 5.41 Å². The van der Waals surface area contributed by atoms with Crippen molar-refractivity contribution >= 4 is 30.1 Å². The topological polar surface area (TPSA) is 112 Å². The maximum atomic E-state index is 11.3. The van der Waals surface area contributed by atoms with Crippen molar-refractivity contribution in [3.8, 4) is 0 Å². The van der Waals surface area contributed by atoms with Crippen LogP contribution in [0.1, 0.15) is 16.7 Å². The van der Waals surface area contributed by atoms with Crippen LogP contribution >= 0.6 is 0 Å². The molecule has 0 spiro atoms. The predicted molar refractivity (Wildman–Crippen MR) is 90.9 cm³/mol. The molecule has 25 heavy (non-hydrogen) atoms. The second-order valence-electron chi connectivity index (χ2n) is 5.48. The van der Waals surface area contributed by atoms with E-state index in [0.29, 0.717) is 5.56 Å². The predicted octanol–water partition coefficient (Wildman–Crippen LogP) is 2.64. The lowest BCUT2D eigenvalue weighted by atomic mass is 9.81. The van der Waals surface area contributed by atoms with Crippen LogP contribution in [0.3, 0.4) is 0 Å². The number of hydrogen-bond donors (Lipinski definition) is 3. The summed E-state index contributed by atoms with van der Waals surface area (Å²) in [5.41, 5.74) is -0.766. The second-order valence-corrected chi connectivity index (χ2v) is 5.48. The Morgan fingerprint density at radius 2 is 1.16 bits per heavy atom. The summed E-state index contributed by atoms with van der Waals surface area (Å²) in [6.45, 7) is 0. The van der Waals surface area contributed by atoms with E-state index in [1.54, 1.807) is 12.1 Å². The summed E-state index contributed by atoms with van der Waals surface area (Å²) >= 11 is 0. The smallest absolute Gasteiger partial charge is 0.333 e. The van der Waals surface area contributed by atoms with Crippen molar-refractivity contribution in [2.75, 3.05) is 0 Å². The van der Waals surface area contributed by atoms with E-state index < -0.39 is 29.7 Å². The minimum atomic E-state index is -2.90. The third-order valence-electron chi connectivity index (χ3n) is 3.81. The van der Waals surface area contributed by atoms with Gasteiger partial charge < -0.3 is 15.3 Å². The SMILES string of the molecule is O=C(O)C(Cc1ccc(/C=C/c2ccccc2)cc1)(C(=O)O)C(=O)O. The Morgan fingerprint density at radius 3 is 1.60 bits per heavy atom. The zero-order valence-corrected chi connectivity index (χ0v) is 13.1. The summed E-state index contributed by atoms with van der Waals surface area (Å²) in [7, 11) is 0. The highest BCUT2D eigenvalue weighted by atomic mass is 16.4. The van der Waals surface area contributed by atoms with Crippen molar-refractivity contribution in [3.05, 3.63) is 71.3 Å². The molecule has 6 nitrogen and oxygen atoms in total. The highest BCUT2D eigenvalue weighted by Gasteiger charge is 2.54. The van der Waals surface area contributed by atoms with Gasteiger partial charge >= 0.3 is 17.9 Å². The lowest BCUT2D eigenvalue weighted by Crippen LogP contribution is -2.48. The van der Waals surface area contributed by atoms with Crippen molar-refractivity contribution in [1.29, 1.82) is 0 Å². The minimum Gasteiger partial charge on any atom is -0.480 e. The Balaban J connectivity index is 2.21. The van der Waals surface area contributed by atoms with E-state index in [-0.39, 0.29) is 0 Å². The van der Waals surface area contributed by atoms with Crippen LogP contribution in [0.4, 0.5) is 0 Å². The molecule has 0 aliphatic carbocycles. The van der Waals surface area contributed by atoms with E-state index in [9.17, 15) is 14.4 Å². The summed E-state index contributed by atoms with van der Waals surface area (Å²) in [4.78, 5) is 33.8. The lowest BCUT2D eigenvalue weighted by molar-refractivity contribution is -0.175. The third kappa shape index (κ3) is 3.92. The standard InChI is InChI=1S/C19H16O6/c20-16(21)19(17(22)23,18(24)25)12-15-10-8-14(9-11-15)7-6-13-4-2-1-3-5-13/h1-11H,12H2,(H,20,21)(H,22,23)(H,24,25)/b7-6+. The van der Waals surface area contributed by atoms with Gasteiger partial charge in [0.25, 0.3) is 5.41 Å². The van der Waals surface area contributed by atoms with Crippen molar-refractivity contribution in [3.63, 3.8) is 0 Å². The fourth-order valence-electron chi connectivity index (χ4n) is 2.31. The van der Waals surface area contributed by atoms with Crippen LogP contribution < -0.4 is 0 Å². The number of carbonyl (C=O) groups is 3. The molecule has 0 saturated heterocycles. The third-order valence-corrected chi connectivity index (χ3v) is 3.81. The molecule has 0 radical (unpaired) electrons. The fourth-order valence-corrected chi connectivity index (χ4v) is 2.31. The largest absolute Gasteiger partial charge is 0.480 e. The second kappa shape index (κ2) is 7.44. The molecule has 0 unspecified atom stereocenters. The van der Waals surface area contributed by atoms with E-state index >= 15 is 0 Å². The summed E-state index contributed by atoms with van der Waals surface area (Å²) in [6.07, 6.45) is 3.10. The normalized spacial score (nSPS) is 11.4. The molecular weight excluding hydrogens is 324 g/mol. The molecule has 0 heterocycles. The quantitative estimate of drug-likeness (QED) is 0.528. The molecule has 0 aliphatic rings. The Morgan fingerprint density at radius 1 is 0.720 bits per heavy atom. The maximum Gasteiger partial charge on any atom is 0.333 e. The van der Waals surface area contributed by atoms with Gasteiger partial charge in [-0.15, -0.1) is 0 Å². The van der Waals surface area contributed by atoms with E-state index in [1.807, 2.05) is 42.5 Å². The van der Waals surface area contributed by atoms with E-state index in [4.69, 9.17) is 15.3 Å². The number of benzene rings is 2. The van der Waals surface area contributed by atoms with Gasteiger partial charge in [-0.2, -0.15) is 0 Å². The number of aliphatic carboxylic acids is 3. The monoisotopic (exact) mass is 340 g/mol. The molecule has 0 fully saturated rings. The molecule has 0 aliphatic heterocycles. The molecule has 2 aromatic carbocycles. The maximum absolute atomic E-state index is 11.3. The molecule has 2 rings (SSSR count). The van der Waals surface area contributed by atoms with Crippen LogP contribution in [0.15, 0.2) is 54.6 Å². The molecule has 0 amide bonds. The van der Waals surface area contributed by atoms with Crippen LogP contribution in [0.25, 0.3) is 12.2 Å². The minimum absolute atomic E-state index is 0.309. The van der Waals surface area contributed by atoms with Crippen LogP contribution in [0, 0.1) is 5.41 Å². The number of carboxylic acids is 3. The van der Waals surface area contributed by atoms with Gasteiger partial charge in [-0.1, -0.05) is 66.7 Å². The van der Waals surface area contributed by atoms with Crippen LogP contribution in [0.5, 0.6) is 0 Å². The average Bonchev–Trinajstić information content (AvgIpc) is 2.59. The van der Waals surface area contributed by atoms with Gasteiger partial charge in [0.2, 0.25) is 0 Å². The number of hydrogen-bond acceptors (Lipinski definition) is 3. The summed E-state index contributed by atoms with van der Waals surface area (Å²) in [5.74, 6) is -5.71. The van der Waals surface area contributed by atoms with Gasteiger partial charge in [0, 0.05) is 6.42 Å². The molecule has 128 valence electrons. The first kappa shape index (κ1) is 17.9. The number of carboxylic acid groups (broad SMARTS) is 3. The van der Waals surface area contributed by atoms with Gasteiger partial charge in [-0.3, -0.25) is 14.4 Å². The number of rotatable bonds is 7. The molecule has 0 aromatic heterocycles. The van der Waals surface area contributed by atoms with Crippen LogP contribution in [-0.2, 0) is 20.8 Å². The lowest BCUT2D eigenvalue weighted by Gasteiger charge is -2.20. The summed E-state index contributed by atoms with van der Waals surface area (Å²) < 4.78 is 0. The zero-order chi connectivity index (χ0) is 18.4. The molecule has 0 saturated carbocycles. The van der Waals surface area contributed by atoms with Gasteiger partial charge in [-0.05, 0) is 16.7 Å². The Bertz CT molecular complexity index is 770. The van der Waals surface area contributed by atoms with Gasteiger partial charge in [0.05, 0.1) is 0 Å². The first-order valence-electron chi connectivity index (χ1n) is 7.38. The van der Waals surface area contributed by atoms with Gasteiger partial charge in [0.1, 0.15) is 0 Å². The van der Waals surface area contributed by atoms with Gasteiger partial charge in [0.15, 0.2) is 0 Å². The van der Waals surface area contributed by atoms with E-state index in [0.717, 1.165) is 11.1 Å². The zero-order valence-electron chi connectivity index (χ0n) is 13.1. The van der Waals surface area contributed by atoms with Gasteiger partial charge in [-0.25, -0.2) is 0 Å². The highest BCUT2D eigenvalue weighted by molar-refractivity contribution is 6.16. The fraction of sp³-hybridized carbons (Fsp3) is 0.105. The van der Waals surface area contributed by atoms with Crippen molar-refractivity contribution < 1.29 is 29.7 Å². The first-order chi connectivity index (χ1) is 11.9. The molecule has 0 atom stereocenters. The first-order valence-corrected chi connectivity index (χ1v) is 7.38. The molecule has 0 bridgehead atoms. The van der Waals surface area contributed by atoms with Crippen LogP contribution in [0.2, 0.25) is 0 Å². The molecule has 2 aromatic rings. The van der Waals surface area contributed by atoms with E-state index in [2.05, 4.69) is 0 Å². The Labute approximate surface area is 143 Å². The molecular formula is C19H16O6. The summed E-state index contributed by atoms with van der Waals surface area (Å²) in [6, 6.07) is 16.0. The van der Waals surface area contributed by atoms with Crippen molar-refractivity contribution in [1.82, 2.24) is 0 Å². The highest BCUT2D eigenvalue weighted by Crippen LogP contribution is 2.25. The van der Waals surface area contributed by atoms with E-state index in [1.165, 1.54) is 12.1 Å². The molecule has 6 heteroatoms. The Hall–Kier alpha value is -3.41. The van der Waals surface area contributed by atoms with Crippen molar-refractivity contribution in [2.45, 2.75) is 6.42 Å². The summed E-state index contributed by atoms with van der Waals surface area (Å²) in [5, 5.41) is 27.4.